The van der Waals surface area contributed by atoms with E-state index in [0.29, 0.717) is 5.91 Å². The van der Waals surface area contributed by atoms with Gasteiger partial charge < -0.3 is 15.1 Å². The summed E-state index contributed by atoms with van der Waals surface area (Å²) in [5.74, 6) is 0.569. The van der Waals surface area contributed by atoms with Gasteiger partial charge in [0.25, 0.3) is 0 Å². The number of nitrogens with zero attached hydrogens (tertiary/aromatic N) is 2. The molecule has 1 aromatic rings. The predicted octanol–water partition coefficient (Wildman–Crippen LogP) is 1.50. The second-order valence-electron chi connectivity index (χ2n) is 6.24. The van der Waals surface area contributed by atoms with Crippen LogP contribution >= 0.6 is 0 Å². The van der Waals surface area contributed by atoms with Gasteiger partial charge in [-0.05, 0) is 38.5 Å². The molecule has 1 atom stereocenters. The van der Waals surface area contributed by atoms with Crippen LogP contribution in [0, 0.1) is 5.92 Å². The van der Waals surface area contributed by atoms with E-state index in [1.165, 1.54) is 5.56 Å². The second kappa shape index (κ2) is 6.58. The molecular weight excluding hydrogens is 262 g/mol. The molecule has 1 unspecified atom stereocenters. The van der Waals surface area contributed by atoms with Crippen LogP contribution in [0.15, 0.2) is 30.3 Å². The average molecular weight is 287 g/mol. The lowest BCUT2D eigenvalue weighted by Gasteiger charge is -2.42. The molecule has 1 aromatic carbocycles. The molecule has 2 aliphatic rings. The minimum Gasteiger partial charge on any atom is -0.333 e. The number of likely N-dealkylation sites (N-methyl/N-ethyl adjacent to an activating group) is 1. The summed E-state index contributed by atoms with van der Waals surface area (Å²) in [5, 5.41) is 3.34. The number of piperazine rings is 1. The smallest absolute Gasteiger partial charge is 0.226 e. The van der Waals surface area contributed by atoms with Crippen LogP contribution in [0.2, 0.25) is 0 Å². The molecule has 2 fully saturated rings. The number of nitrogens with one attached hydrogen (secondary N) is 1. The molecule has 0 aromatic heterocycles. The molecule has 2 saturated heterocycles. The number of carbonyl (C=O) groups excluding carboxylic acids is 1. The van der Waals surface area contributed by atoms with E-state index in [9.17, 15) is 4.79 Å². The van der Waals surface area contributed by atoms with Gasteiger partial charge in [-0.2, -0.15) is 0 Å². The predicted molar refractivity (Wildman–Crippen MR) is 84.0 cm³/mol. The van der Waals surface area contributed by atoms with E-state index in [4.69, 9.17) is 0 Å². The zero-order valence-corrected chi connectivity index (χ0v) is 12.8. The van der Waals surface area contributed by atoms with Crippen molar-refractivity contribution in [2.75, 3.05) is 39.8 Å². The molecule has 21 heavy (non-hydrogen) atoms. The summed E-state index contributed by atoms with van der Waals surface area (Å²) >= 11 is 0. The van der Waals surface area contributed by atoms with Crippen molar-refractivity contribution in [3.8, 4) is 0 Å². The van der Waals surface area contributed by atoms with Crippen molar-refractivity contribution >= 4 is 5.91 Å². The maximum Gasteiger partial charge on any atom is 0.226 e. The molecule has 0 radical (unpaired) electrons. The number of piperidine rings is 1. The van der Waals surface area contributed by atoms with Gasteiger partial charge in [-0.3, -0.25) is 4.79 Å². The minimum absolute atomic E-state index is 0.201. The number of amides is 1. The van der Waals surface area contributed by atoms with Gasteiger partial charge in [-0.15, -0.1) is 0 Å². The summed E-state index contributed by atoms with van der Waals surface area (Å²) in [4.78, 5) is 17.4. The summed E-state index contributed by atoms with van der Waals surface area (Å²) in [6, 6.07) is 10.7. The number of benzene rings is 1. The number of hydrogen-bond donors (Lipinski definition) is 1. The van der Waals surface area contributed by atoms with Gasteiger partial charge in [-0.25, -0.2) is 0 Å². The van der Waals surface area contributed by atoms with Gasteiger partial charge in [-0.1, -0.05) is 30.3 Å². The van der Waals surface area contributed by atoms with Crippen molar-refractivity contribution < 1.29 is 4.79 Å². The lowest BCUT2D eigenvalue weighted by atomic mass is 9.94. The van der Waals surface area contributed by atoms with E-state index in [1.54, 1.807) is 0 Å². The van der Waals surface area contributed by atoms with E-state index >= 15 is 0 Å². The fourth-order valence-electron chi connectivity index (χ4n) is 3.45. The van der Waals surface area contributed by atoms with Gasteiger partial charge in [0.2, 0.25) is 5.91 Å². The molecule has 0 bridgehead atoms. The third-order valence-corrected chi connectivity index (χ3v) is 4.74. The molecule has 1 amide bonds. The summed E-state index contributed by atoms with van der Waals surface area (Å²) < 4.78 is 0. The quantitative estimate of drug-likeness (QED) is 0.895. The Balaban J connectivity index is 1.79. The number of carbonyl (C=O) groups is 1. The zero-order valence-electron chi connectivity index (χ0n) is 12.8. The highest BCUT2D eigenvalue weighted by atomic mass is 16.2. The first kappa shape index (κ1) is 14.5. The summed E-state index contributed by atoms with van der Waals surface area (Å²) in [5.41, 5.74) is 1.26. The molecule has 0 aliphatic carbocycles. The average Bonchev–Trinajstić information content (AvgIpc) is 2.56. The van der Waals surface area contributed by atoms with E-state index in [2.05, 4.69) is 46.4 Å². The van der Waals surface area contributed by atoms with Crippen molar-refractivity contribution in [2.45, 2.75) is 18.9 Å². The first-order valence-corrected chi connectivity index (χ1v) is 8.00. The Bertz CT molecular complexity index is 470. The van der Waals surface area contributed by atoms with Gasteiger partial charge >= 0.3 is 0 Å². The Kier molecular flexibility index (Phi) is 4.56. The number of rotatable bonds is 2. The molecule has 2 aliphatic heterocycles. The van der Waals surface area contributed by atoms with Gasteiger partial charge in [0.05, 0.1) is 6.04 Å². The highest BCUT2D eigenvalue weighted by Crippen LogP contribution is 2.28. The van der Waals surface area contributed by atoms with Crippen molar-refractivity contribution in [3.05, 3.63) is 35.9 Å². The Morgan fingerprint density at radius 1 is 1.14 bits per heavy atom. The second-order valence-corrected chi connectivity index (χ2v) is 6.24. The lowest BCUT2D eigenvalue weighted by Crippen LogP contribution is -2.52. The molecule has 114 valence electrons. The topological polar surface area (TPSA) is 35.6 Å². The first-order valence-electron chi connectivity index (χ1n) is 8.00. The summed E-state index contributed by atoms with van der Waals surface area (Å²) in [7, 11) is 2.14. The molecule has 0 spiro atoms. The van der Waals surface area contributed by atoms with Gasteiger partial charge in [0.15, 0.2) is 0 Å². The Hall–Kier alpha value is -1.39. The van der Waals surface area contributed by atoms with Crippen LogP contribution < -0.4 is 5.32 Å². The molecule has 4 heteroatoms. The van der Waals surface area contributed by atoms with Gasteiger partial charge in [0.1, 0.15) is 0 Å². The van der Waals surface area contributed by atoms with E-state index in [1.807, 2.05) is 6.07 Å². The van der Waals surface area contributed by atoms with Crippen LogP contribution in [-0.2, 0) is 4.79 Å². The maximum atomic E-state index is 12.9. The van der Waals surface area contributed by atoms with Gasteiger partial charge in [0, 0.05) is 25.6 Å². The SMILES string of the molecule is CN1CCN(C(=O)C2CCNCC2)C(c2ccccc2)C1. The highest BCUT2D eigenvalue weighted by molar-refractivity contribution is 5.79. The Labute approximate surface area is 127 Å². The lowest BCUT2D eigenvalue weighted by molar-refractivity contribution is -0.141. The normalized spacial score (nSPS) is 25.0. The van der Waals surface area contributed by atoms with Crippen LogP contribution in [0.4, 0.5) is 0 Å². The van der Waals surface area contributed by atoms with Crippen molar-refractivity contribution in [3.63, 3.8) is 0 Å². The van der Waals surface area contributed by atoms with Crippen LogP contribution in [0.1, 0.15) is 24.4 Å². The van der Waals surface area contributed by atoms with E-state index < -0.39 is 0 Å². The highest BCUT2D eigenvalue weighted by Gasteiger charge is 2.34. The van der Waals surface area contributed by atoms with Crippen LogP contribution in [-0.4, -0.2) is 55.5 Å². The van der Waals surface area contributed by atoms with E-state index in [-0.39, 0.29) is 12.0 Å². The largest absolute Gasteiger partial charge is 0.333 e. The molecule has 4 nitrogen and oxygen atoms in total. The third kappa shape index (κ3) is 3.27. The molecule has 1 N–H and O–H groups in total. The van der Waals surface area contributed by atoms with Crippen molar-refractivity contribution in [1.29, 1.82) is 0 Å². The summed E-state index contributed by atoms with van der Waals surface area (Å²) in [6.45, 7) is 4.69. The molecular formula is C17H25N3O. The van der Waals surface area contributed by atoms with Crippen LogP contribution in [0.5, 0.6) is 0 Å². The molecule has 3 rings (SSSR count). The first-order chi connectivity index (χ1) is 10.3. The van der Waals surface area contributed by atoms with E-state index in [0.717, 1.165) is 45.6 Å². The molecule has 0 saturated carbocycles. The fraction of sp³-hybridized carbons (Fsp3) is 0.588. The monoisotopic (exact) mass is 287 g/mol. The maximum absolute atomic E-state index is 12.9. The van der Waals surface area contributed by atoms with Crippen LogP contribution in [0.3, 0.4) is 0 Å². The van der Waals surface area contributed by atoms with Crippen LogP contribution in [0.25, 0.3) is 0 Å². The Morgan fingerprint density at radius 3 is 2.57 bits per heavy atom. The fourth-order valence-corrected chi connectivity index (χ4v) is 3.45. The molecule has 2 heterocycles. The minimum atomic E-state index is 0.201. The van der Waals surface area contributed by atoms with Crippen molar-refractivity contribution in [1.82, 2.24) is 15.1 Å². The summed E-state index contributed by atoms with van der Waals surface area (Å²) in [6.07, 6.45) is 1.96. The van der Waals surface area contributed by atoms with Crippen molar-refractivity contribution in [2.24, 2.45) is 5.92 Å². The zero-order chi connectivity index (χ0) is 14.7. The third-order valence-electron chi connectivity index (χ3n) is 4.74. The number of hydrogen-bond acceptors (Lipinski definition) is 3. The Morgan fingerprint density at radius 2 is 1.86 bits per heavy atom. The standard InChI is InChI=1S/C17H25N3O/c1-19-11-12-20(17(21)15-7-9-18-10-8-15)16(13-19)14-5-3-2-4-6-14/h2-6,15-16,18H,7-13H2,1H3.